The molecule has 2 aromatic heterocycles. The van der Waals surface area contributed by atoms with Crippen LogP contribution in [0.15, 0.2) is 24.3 Å². The normalized spacial score (nSPS) is 17.1. The third-order valence-corrected chi connectivity index (χ3v) is 5.49. The van der Waals surface area contributed by atoms with Crippen molar-refractivity contribution in [2.24, 2.45) is 7.05 Å². The number of carbonyl (C=O) groups excluding carboxylic acids is 1. The largest absolute Gasteiger partial charge is 0.376 e. The van der Waals surface area contributed by atoms with Crippen molar-refractivity contribution in [2.75, 3.05) is 18.1 Å². The number of ether oxygens (including phenoxy) is 1. The molecule has 6 nitrogen and oxygen atoms in total. The second-order valence-electron chi connectivity index (χ2n) is 6.45. The number of aryl methyl sites for hydroxylation is 2. The molecule has 0 aliphatic carbocycles. The Morgan fingerprint density at radius 3 is 3.00 bits per heavy atom. The van der Waals surface area contributed by atoms with Gasteiger partial charge in [-0.2, -0.15) is 5.10 Å². The zero-order valence-electron chi connectivity index (χ0n) is 14.6. The van der Waals surface area contributed by atoms with Gasteiger partial charge in [-0.15, -0.1) is 0 Å². The molecule has 136 valence electrons. The van der Waals surface area contributed by atoms with Crippen LogP contribution in [0.4, 0.5) is 9.52 Å². The van der Waals surface area contributed by atoms with Crippen LogP contribution in [0.25, 0.3) is 10.2 Å². The highest BCUT2D eigenvalue weighted by Gasteiger charge is 2.28. The lowest BCUT2D eigenvalue weighted by Gasteiger charge is -2.22. The molecule has 8 heteroatoms. The second kappa shape index (κ2) is 6.77. The van der Waals surface area contributed by atoms with E-state index < -0.39 is 0 Å². The summed E-state index contributed by atoms with van der Waals surface area (Å²) < 4.78 is 21.5. The van der Waals surface area contributed by atoms with E-state index in [1.54, 1.807) is 28.8 Å². The predicted octanol–water partition coefficient (Wildman–Crippen LogP) is 3.30. The molecule has 0 spiro atoms. The van der Waals surface area contributed by atoms with Crippen molar-refractivity contribution in [1.29, 1.82) is 0 Å². The summed E-state index contributed by atoms with van der Waals surface area (Å²) in [6, 6.07) is 6.22. The molecule has 1 aliphatic rings. The Kier molecular flexibility index (Phi) is 4.46. The fraction of sp³-hybridized carbons (Fsp3) is 0.389. The number of thiazole rings is 1. The van der Waals surface area contributed by atoms with Gasteiger partial charge in [0.05, 0.1) is 28.6 Å². The summed E-state index contributed by atoms with van der Waals surface area (Å²) in [5.41, 5.74) is 1.95. The quantitative estimate of drug-likeness (QED) is 0.703. The lowest BCUT2D eigenvalue weighted by atomic mass is 10.2. The van der Waals surface area contributed by atoms with Crippen molar-refractivity contribution in [2.45, 2.75) is 25.9 Å². The highest BCUT2D eigenvalue weighted by molar-refractivity contribution is 7.22. The molecule has 1 amide bonds. The molecule has 3 aromatic rings. The molecular weight excluding hydrogens is 355 g/mol. The topological polar surface area (TPSA) is 60.3 Å². The van der Waals surface area contributed by atoms with Gasteiger partial charge in [0.1, 0.15) is 11.5 Å². The molecule has 0 unspecified atom stereocenters. The smallest absolute Gasteiger partial charge is 0.278 e. The van der Waals surface area contributed by atoms with Gasteiger partial charge in [-0.1, -0.05) is 11.3 Å². The van der Waals surface area contributed by atoms with Gasteiger partial charge in [0.2, 0.25) is 0 Å². The van der Waals surface area contributed by atoms with E-state index in [-0.39, 0.29) is 17.8 Å². The van der Waals surface area contributed by atoms with E-state index in [9.17, 15) is 9.18 Å². The van der Waals surface area contributed by atoms with Gasteiger partial charge in [0.25, 0.3) is 5.91 Å². The van der Waals surface area contributed by atoms with Crippen molar-refractivity contribution in [1.82, 2.24) is 14.8 Å². The highest BCUT2D eigenvalue weighted by Crippen LogP contribution is 2.31. The highest BCUT2D eigenvalue weighted by atomic mass is 32.1. The first-order valence-electron chi connectivity index (χ1n) is 8.51. The molecule has 0 bridgehead atoms. The maximum absolute atomic E-state index is 13.5. The number of fused-ring (bicyclic) bond motifs is 1. The molecular formula is C18H19FN4O2S. The maximum atomic E-state index is 13.5. The molecule has 26 heavy (non-hydrogen) atoms. The summed E-state index contributed by atoms with van der Waals surface area (Å²) >= 11 is 1.31. The minimum absolute atomic E-state index is 0.0166. The van der Waals surface area contributed by atoms with Crippen molar-refractivity contribution in [3.8, 4) is 0 Å². The number of carbonyl (C=O) groups is 1. The molecule has 0 saturated carbocycles. The number of hydrogen-bond acceptors (Lipinski definition) is 5. The van der Waals surface area contributed by atoms with Crippen molar-refractivity contribution >= 4 is 32.6 Å². The Morgan fingerprint density at radius 2 is 2.31 bits per heavy atom. The SMILES string of the molecule is Cc1cc(C(=O)N(C[C@@H]2CCCO2)c2nc3ccc(F)cc3s2)n(C)n1. The van der Waals surface area contributed by atoms with Crippen LogP contribution in [0.3, 0.4) is 0 Å². The Hall–Kier alpha value is -2.32. The predicted molar refractivity (Wildman–Crippen MR) is 98.2 cm³/mol. The fourth-order valence-corrected chi connectivity index (χ4v) is 4.19. The zero-order chi connectivity index (χ0) is 18.3. The molecule has 0 radical (unpaired) electrons. The average molecular weight is 374 g/mol. The number of anilines is 1. The number of nitrogens with zero attached hydrogens (tertiary/aromatic N) is 4. The number of amides is 1. The van der Waals surface area contributed by atoms with Crippen molar-refractivity contribution in [3.05, 3.63) is 41.5 Å². The molecule has 1 fully saturated rings. The van der Waals surface area contributed by atoms with Gasteiger partial charge in [-0.05, 0) is 44.0 Å². The van der Waals surface area contributed by atoms with Crippen LogP contribution in [-0.4, -0.2) is 39.9 Å². The molecule has 1 atom stereocenters. The van der Waals surface area contributed by atoms with Gasteiger partial charge in [-0.3, -0.25) is 14.4 Å². The number of aromatic nitrogens is 3. The second-order valence-corrected chi connectivity index (χ2v) is 7.46. The van der Waals surface area contributed by atoms with E-state index in [0.717, 1.165) is 18.5 Å². The average Bonchev–Trinajstić information content (AvgIpc) is 3.31. The molecule has 1 aromatic carbocycles. The van der Waals surface area contributed by atoms with Crippen LogP contribution in [0.2, 0.25) is 0 Å². The summed E-state index contributed by atoms with van der Waals surface area (Å²) in [5.74, 6) is -0.491. The number of rotatable bonds is 4. The fourth-order valence-electron chi connectivity index (χ4n) is 3.19. The third kappa shape index (κ3) is 3.22. The first kappa shape index (κ1) is 17.1. The summed E-state index contributed by atoms with van der Waals surface area (Å²) in [5, 5.41) is 4.81. The Labute approximate surface area is 154 Å². The van der Waals surface area contributed by atoms with E-state index in [1.807, 2.05) is 6.92 Å². The minimum atomic E-state index is -0.313. The number of benzene rings is 1. The monoisotopic (exact) mass is 374 g/mol. The molecule has 1 aliphatic heterocycles. The van der Waals surface area contributed by atoms with E-state index in [4.69, 9.17) is 4.74 Å². The molecule has 1 saturated heterocycles. The van der Waals surface area contributed by atoms with Crippen LogP contribution < -0.4 is 4.90 Å². The van der Waals surface area contributed by atoms with Crippen LogP contribution in [0.1, 0.15) is 29.0 Å². The lowest BCUT2D eigenvalue weighted by Crippen LogP contribution is -2.38. The number of halogens is 1. The van der Waals surface area contributed by atoms with Crippen molar-refractivity contribution < 1.29 is 13.9 Å². The zero-order valence-corrected chi connectivity index (χ0v) is 15.4. The van der Waals surface area contributed by atoms with Gasteiger partial charge in [0.15, 0.2) is 5.13 Å². The molecule has 3 heterocycles. The first-order chi connectivity index (χ1) is 12.5. The summed E-state index contributed by atoms with van der Waals surface area (Å²) in [6.07, 6.45) is 1.88. The Morgan fingerprint density at radius 1 is 1.46 bits per heavy atom. The number of hydrogen-bond donors (Lipinski definition) is 0. The standard InChI is InChI=1S/C18H19FN4O2S/c1-11-8-15(22(2)21-11)17(24)23(10-13-4-3-7-25-13)18-20-14-6-5-12(19)9-16(14)26-18/h5-6,8-9,13H,3-4,7,10H2,1-2H3/t13-/m0/s1. The van der Waals surface area contributed by atoms with Crippen LogP contribution in [0.5, 0.6) is 0 Å². The molecule has 0 N–H and O–H groups in total. The van der Waals surface area contributed by atoms with Crippen LogP contribution in [-0.2, 0) is 11.8 Å². The summed E-state index contributed by atoms with van der Waals surface area (Å²) in [6.45, 7) is 2.98. The van der Waals surface area contributed by atoms with E-state index in [0.29, 0.717) is 34.2 Å². The Balaban J connectivity index is 1.73. The summed E-state index contributed by atoms with van der Waals surface area (Å²) in [4.78, 5) is 19.4. The van der Waals surface area contributed by atoms with E-state index >= 15 is 0 Å². The first-order valence-corrected chi connectivity index (χ1v) is 9.33. The van der Waals surface area contributed by atoms with E-state index in [1.165, 1.54) is 23.5 Å². The third-order valence-electron chi connectivity index (χ3n) is 4.45. The minimum Gasteiger partial charge on any atom is -0.376 e. The lowest BCUT2D eigenvalue weighted by molar-refractivity contribution is 0.0909. The van der Waals surface area contributed by atoms with E-state index in [2.05, 4.69) is 10.1 Å². The summed E-state index contributed by atoms with van der Waals surface area (Å²) in [7, 11) is 1.75. The van der Waals surface area contributed by atoms with Gasteiger partial charge in [0, 0.05) is 13.7 Å². The van der Waals surface area contributed by atoms with Gasteiger partial charge in [-0.25, -0.2) is 9.37 Å². The Bertz CT molecular complexity index is 961. The molecule has 4 rings (SSSR count). The van der Waals surface area contributed by atoms with Gasteiger partial charge < -0.3 is 4.74 Å². The van der Waals surface area contributed by atoms with Crippen molar-refractivity contribution in [3.63, 3.8) is 0 Å². The van der Waals surface area contributed by atoms with Crippen LogP contribution >= 0.6 is 11.3 Å². The van der Waals surface area contributed by atoms with Crippen LogP contribution in [0, 0.1) is 12.7 Å². The van der Waals surface area contributed by atoms with Gasteiger partial charge >= 0.3 is 0 Å². The maximum Gasteiger partial charge on any atom is 0.278 e.